The van der Waals surface area contributed by atoms with Gasteiger partial charge in [0.1, 0.15) is 0 Å². The molecular formula is C4H6O4S2. The summed E-state index contributed by atoms with van der Waals surface area (Å²) < 4.78 is 38.9. The highest BCUT2D eigenvalue weighted by atomic mass is 33.2. The Morgan fingerprint density at radius 1 is 1.50 bits per heavy atom. The van der Waals surface area contributed by atoms with Crippen LogP contribution in [0.4, 0.5) is 0 Å². The van der Waals surface area contributed by atoms with Gasteiger partial charge in [0, 0.05) is 5.41 Å². The molecule has 0 heterocycles. The topological polar surface area (TPSA) is 71.4 Å². The SMILES string of the molecule is C=CC=CS(=O)(=O)S(=O)O. The highest BCUT2D eigenvalue weighted by molar-refractivity contribution is 8.63. The first-order valence-electron chi connectivity index (χ1n) is 2.16. The molecule has 0 aromatic carbocycles. The fourth-order valence-electron chi connectivity index (χ4n) is 0.199. The van der Waals surface area contributed by atoms with Gasteiger partial charge >= 0.3 is 0 Å². The summed E-state index contributed by atoms with van der Waals surface area (Å²) in [6.45, 7) is 3.19. The minimum atomic E-state index is -3.98. The predicted molar refractivity (Wildman–Crippen MR) is 39.0 cm³/mol. The van der Waals surface area contributed by atoms with Crippen LogP contribution in [0.25, 0.3) is 0 Å². The molecule has 0 aromatic rings. The second-order valence-electron chi connectivity index (χ2n) is 1.27. The Balaban J connectivity index is 4.61. The van der Waals surface area contributed by atoms with Crippen molar-refractivity contribution in [3.63, 3.8) is 0 Å². The van der Waals surface area contributed by atoms with Crippen molar-refractivity contribution in [3.05, 3.63) is 24.1 Å². The summed E-state index contributed by atoms with van der Waals surface area (Å²) in [5.41, 5.74) is 0. The van der Waals surface area contributed by atoms with E-state index >= 15 is 0 Å². The van der Waals surface area contributed by atoms with E-state index in [1.54, 1.807) is 0 Å². The van der Waals surface area contributed by atoms with Crippen molar-refractivity contribution >= 4 is 19.0 Å². The molecule has 0 spiro atoms. The van der Waals surface area contributed by atoms with E-state index in [4.69, 9.17) is 4.55 Å². The van der Waals surface area contributed by atoms with E-state index in [0.717, 1.165) is 6.08 Å². The van der Waals surface area contributed by atoms with E-state index in [-0.39, 0.29) is 0 Å². The molecule has 0 aliphatic rings. The maximum absolute atomic E-state index is 10.4. The van der Waals surface area contributed by atoms with Crippen molar-refractivity contribution < 1.29 is 17.2 Å². The molecule has 0 aliphatic heterocycles. The molecule has 0 saturated heterocycles. The van der Waals surface area contributed by atoms with Crippen LogP contribution >= 0.6 is 0 Å². The molecule has 1 atom stereocenters. The van der Waals surface area contributed by atoms with E-state index in [9.17, 15) is 12.6 Å². The molecule has 6 heteroatoms. The first kappa shape index (κ1) is 9.54. The third-order valence-corrected chi connectivity index (χ3v) is 2.99. The Morgan fingerprint density at radius 2 is 2.00 bits per heavy atom. The Hall–Kier alpha value is -0.460. The van der Waals surface area contributed by atoms with Crippen LogP contribution in [-0.4, -0.2) is 17.2 Å². The molecule has 58 valence electrons. The summed E-state index contributed by atoms with van der Waals surface area (Å²) in [6.07, 6.45) is 2.27. The van der Waals surface area contributed by atoms with Crippen molar-refractivity contribution in [2.45, 2.75) is 0 Å². The summed E-state index contributed by atoms with van der Waals surface area (Å²) in [5, 5.41) is 0.621. The zero-order chi connectivity index (χ0) is 8.20. The van der Waals surface area contributed by atoms with Crippen molar-refractivity contribution in [2.24, 2.45) is 0 Å². The molecule has 0 bridgehead atoms. The van der Waals surface area contributed by atoms with Crippen molar-refractivity contribution in [1.29, 1.82) is 0 Å². The standard InChI is InChI=1S/C4H6O4S2/c1-2-3-4-10(7,8)9(5)6/h2-4H,1H2,(H,5,6). The van der Waals surface area contributed by atoms with Gasteiger partial charge in [-0.3, -0.25) is 4.55 Å². The lowest BCUT2D eigenvalue weighted by atomic mass is 10.6. The van der Waals surface area contributed by atoms with Crippen molar-refractivity contribution in [3.8, 4) is 0 Å². The molecule has 0 fully saturated rings. The van der Waals surface area contributed by atoms with Crippen LogP contribution in [0.3, 0.4) is 0 Å². The van der Waals surface area contributed by atoms with Gasteiger partial charge in [0.05, 0.1) is 0 Å². The van der Waals surface area contributed by atoms with E-state index in [1.807, 2.05) is 0 Å². The van der Waals surface area contributed by atoms with E-state index in [0.29, 0.717) is 5.41 Å². The molecule has 1 unspecified atom stereocenters. The average Bonchev–Trinajstić information content (AvgIpc) is 1.84. The summed E-state index contributed by atoms with van der Waals surface area (Å²) >= 11 is 0. The third-order valence-electron chi connectivity index (χ3n) is 0.580. The summed E-state index contributed by atoms with van der Waals surface area (Å²) in [5.74, 6) is 0. The maximum Gasteiger partial charge on any atom is 0.278 e. The van der Waals surface area contributed by atoms with Crippen molar-refractivity contribution in [2.75, 3.05) is 0 Å². The molecule has 4 nitrogen and oxygen atoms in total. The minimum absolute atomic E-state index is 0.621. The van der Waals surface area contributed by atoms with Gasteiger partial charge in [-0.25, -0.2) is 12.6 Å². The molecule has 10 heavy (non-hydrogen) atoms. The summed E-state index contributed by atoms with van der Waals surface area (Å²) in [4.78, 5) is 0. The van der Waals surface area contributed by atoms with Crippen molar-refractivity contribution in [1.82, 2.24) is 0 Å². The van der Waals surface area contributed by atoms with Crippen LogP contribution in [0, 0.1) is 0 Å². The molecule has 0 aromatic heterocycles. The second kappa shape index (κ2) is 3.65. The molecule has 0 radical (unpaired) electrons. The number of allylic oxidation sites excluding steroid dienone is 2. The molecule has 0 aliphatic carbocycles. The van der Waals surface area contributed by atoms with Gasteiger partial charge in [-0.2, -0.15) is 0 Å². The van der Waals surface area contributed by atoms with Crippen LogP contribution < -0.4 is 0 Å². The highest BCUT2D eigenvalue weighted by Gasteiger charge is 2.11. The fraction of sp³-hybridized carbons (Fsp3) is 0. The molecule has 0 amide bonds. The van der Waals surface area contributed by atoms with Gasteiger partial charge in [-0.15, -0.1) is 0 Å². The van der Waals surface area contributed by atoms with E-state index in [2.05, 4.69) is 6.58 Å². The van der Waals surface area contributed by atoms with Crippen LogP contribution in [-0.2, 0) is 19.0 Å². The number of rotatable bonds is 3. The zero-order valence-corrected chi connectivity index (χ0v) is 6.56. The third kappa shape index (κ3) is 2.90. The molecule has 1 N–H and O–H groups in total. The van der Waals surface area contributed by atoms with Crippen LogP contribution in [0.15, 0.2) is 24.1 Å². The largest absolute Gasteiger partial charge is 0.294 e. The molecular weight excluding hydrogens is 176 g/mol. The smallest absolute Gasteiger partial charge is 0.278 e. The van der Waals surface area contributed by atoms with Crippen LogP contribution in [0.5, 0.6) is 0 Å². The monoisotopic (exact) mass is 182 g/mol. The van der Waals surface area contributed by atoms with Gasteiger partial charge in [-0.1, -0.05) is 18.7 Å². The summed E-state index contributed by atoms with van der Waals surface area (Å²) in [7, 11) is -6.82. The van der Waals surface area contributed by atoms with Gasteiger partial charge in [0.15, 0.2) is 0 Å². The fourth-order valence-corrected chi connectivity index (χ4v) is 1.08. The zero-order valence-electron chi connectivity index (χ0n) is 4.93. The lowest BCUT2D eigenvalue weighted by molar-refractivity contribution is 0.565. The van der Waals surface area contributed by atoms with E-state index < -0.39 is 19.0 Å². The first-order chi connectivity index (χ1) is 4.50. The van der Waals surface area contributed by atoms with Crippen LogP contribution in [0.2, 0.25) is 0 Å². The predicted octanol–water partition coefficient (Wildman–Crippen LogP) is 0.238. The molecule has 0 saturated carbocycles. The van der Waals surface area contributed by atoms with Gasteiger partial charge < -0.3 is 0 Å². The maximum atomic E-state index is 10.4. The number of hydrogen-bond acceptors (Lipinski definition) is 3. The normalized spacial score (nSPS) is 15.3. The first-order valence-corrected chi connectivity index (χ1v) is 5.33. The van der Waals surface area contributed by atoms with Gasteiger partial charge in [0.25, 0.3) is 19.0 Å². The van der Waals surface area contributed by atoms with Gasteiger partial charge in [0.2, 0.25) is 0 Å². The lowest BCUT2D eigenvalue weighted by Gasteiger charge is -1.85. The Kier molecular flexibility index (Phi) is 3.48. The highest BCUT2D eigenvalue weighted by Crippen LogP contribution is 1.95. The number of hydrogen-bond donors (Lipinski definition) is 1. The lowest BCUT2D eigenvalue weighted by Crippen LogP contribution is -2.01. The Bertz CT molecular complexity index is 261. The van der Waals surface area contributed by atoms with Gasteiger partial charge in [-0.05, 0) is 0 Å². The van der Waals surface area contributed by atoms with Crippen LogP contribution in [0.1, 0.15) is 0 Å². The Morgan fingerprint density at radius 3 is 2.30 bits per heavy atom. The second-order valence-corrected chi connectivity index (χ2v) is 5.22. The average molecular weight is 182 g/mol. The minimum Gasteiger partial charge on any atom is -0.294 e. The van der Waals surface area contributed by atoms with E-state index in [1.165, 1.54) is 6.08 Å². The molecule has 0 rings (SSSR count). The summed E-state index contributed by atoms with van der Waals surface area (Å²) in [6, 6.07) is 0. The quantitative estimate of drug-likeness (QED) is 0.385. The Labute approximate surface area is 60.9 Å².